The van der Waals surface area contributed by atoms with E-state index in [2.05, 4.69) is 46.3 Å². The van der Waals surface area contributed by atoms with Crippen LogP contribution in [0.25, 0.3) is 0 Å². The van der Waals surface area contributed by atoms with E-state index < -0.39 is 16.6 Å². The lowest BCUT2D eigenvalue weighted by Gasteiger charge is -2.36. The second-order valence-corrected chi connectivity index (χ2v) is 7.64. The lowest BCUT2D eigenvalue weighted by atomic mass is 10.1. The number of nitro benzene ring substituents is 1. The van der Waals surface area contributed by atoms with Crippen LogP contribution in [0.15, 0.2) is 36.4 Å². The first-order chi connectivity index (χ1) is 14.3. The molecule has 1 saturated heterocycles. The van der Waals surface area contributed by atoms with Crippen molar-refractivity contribution >= 4 is 17.3 Å². The minimum absolute atomic E-state index is 0.0310. The van der Waals surface area contributed by atoms with E-state index in [-0.39, 0.29) is 16.8 Å². The fourth-order valence-corrected chi connectivity index (χ4v) is 3.65. The monoisotopic (exact) mass is 414 g/mol. The van der Waals surface area contributed by atoms with Crippen LogP contribution in [0.2, 0.25) is 0 Å². The van der Waals surface area contributed by atoms with Gasteiger partial charge in [-0.25, -0.2) is 4.39 Å². The van der Waals surface area contributed by atoms with Crippen LogP contribution in [0.1, 0.15) is 27.9 Å². The Kier molecular flexibility index (Phi) is 6.99. The maximum atomic E-state index is 13.9. The molecule has 30 heavy (non-hydrogen) atoms. The molecule has 1 aliphatic rings. The van der Waals surface area contributed by atoms with Crippen LogP contribution >= 0.6 is 0 Å². The fourth-order valence-electron chi connectivity index (χ4n) is 3.65. The normalized spacial score (nSPS) is 14.6. The highest BCUT2D eigenvalue weighted by Crippen LogP contribution is 2.23. The highest BCUT2D eigenvalue weighted by atomic mass is 19.1. The first kappa shape index (κ1) is 21.7. The number of nitrogens with zero attached hydrogens (tertiary/aromatic N) is 3. The molecule has 1 fully saturated rings. The van der Waals surface area contributed by atoms with Crippen molar-refractivity contribution in [2.24, 2.45) is 0 Å². The Morgan fingerprint density at radius 2 is 1.90 bits per heavy atom. The third kappa shape index (κ3) is 5.33. The number of benzene rings is 2. The molecule has 1 amide bonds. The molecule has 0 atom stereocenters. The Labute approximate surface area is 175 Å². The SMILES string of the molecule is Cc1cccc(N2CCN(CCCNC(=O)c3cc(F)c(C)c([N+](=O)[O-])c3)CC2)c1. The van der Waals surface area contributed by atoms with Gasteiger partial charge < -0.3 is 10.2 Å². The minimum atomic E-state index is -0.749. The zero-order valence-electron chi connectivity index (χ0n) is 17.4. The first-order valence-corrected chi connectivity index (χ1v) is 10.1. The third-order valence-electron chi connectivity index (χ3n) is 5.45. The number of nitro groups is 1. The number of piperazine rings is 1. The first-order valence-electron chi connectivity index (χ1n) is 10.1. The number of hydrogen-bond donors (Lipinski definition) is 1. The molecule has 3 rings (SSSR count). The van der Waals surface area contributed by atoms with Gasteiger partial charge in [-0.15, -0.1) is 0 Å². The maximum Gasteiger partial charge on any atom is 0.276 e. The van der Waals surface area contributed by atoms with E-state index in [0.29, 0.717) is 6.54 Å². The van der Waals surface area contributed by atoms with Crippen LogP contribution in [-0.4, -0.2) is 55.0 Å². The summed E-state index contributed by atoms with van der Waals surface area (Å²) in [6.07, 6.45) is 0.757. The molecule has 0 saturated carbocycles. The van der Waals surface area contributed by atoms with E-state index in [0.717, 1.165) is 51.3 Å². The molecule has 1 aliphatic heterocycles. The quantitative estimate of drug-likeness (QED) is 0.427. The second-order valence-electron chi connectivity index (χ2n) is 7.64. The number of nitrogens with one attached hydrogen (secondary N) is 1. The molecule has 0 spiro atoms. The van der Waals surface area contributed by atoms with Crippen LogP contribution < -0.4 is 10.2 Å². The van der Waals surface area contributed by atoms with Crippen LogP contribution in [0.5, 0.6) is 0 Å². The van der Waals surface area contributed by atoms with Gasteiger partial charge in [0, 0.05) is 50.0 Å². The molecule has 0 unspecified atom stereocenters. The van der Waals surface area contributed by atoms with E-state index in [4.69, 9.17) is 0 Å². The van der Waals surface area contributed by atoms with Crippen molar-refractivity contribution in [1.82, 2.24) is 10.2 Å². The van der Waals surface area contributed by atoms with E-state index in [1.807, 2.05) is 0 Å². The Hall–Kier alpha value is -3.00. The van der Waals surface area contributed by atoms with Crippen molar-refractivity contribution in [3.8, 4) is 0 Å². The molecule has 0 radical (unpaired) electrons. The number of carbonyl (C=O) groups is 1. The van der Waals surface area contributed by atoms with Crippen molar-refractivity contribution in [3.05, 3.63) is 69.0 Å². The predicted octanol–water partition coefficient (Wildman–Crippen LogP) is 3.29. The average Bonchev–Trinajstić information content (AvgIpc) is 2.73. The summed E-state index contributed by atoms with van der Waals surface area (Å²) in [5.74, 6) is -1.25. The molecule has 0 aliphatic carbocycles. The van der Waals surface area contributed by atoms with Crippen LogP contribution in [-0.2, 0) is 0 Å². The molecule has 0 aromatic heterocycles. The van der Waals surface area contributed by atoms with Gasteiger partial charge in [0.05, 0.1) is 10.5 Å². The lowest BCUT2D eigenvalue weighted by molar-refractivity contribution is -0.385. The predicted molar refractivity (Wildman–Crippen MR) is 115 cm³/mol. The third-order valence-corrected chi connectivity index (χ3v) is 5.45. The molecule has 8 heteroatoms. The van der Waals surface area contributed by atoms with Gasteiger partial charge in [-0.1, -0.05) is 12.1 Å². The Morgan fingerprint density at radius 3 is 2.57 bits per heavy atom. The number of rotatable bonds is 7. The molecule has 2 aromatic rings. The second kappa shape index (κ2) is 9.67. The number of carbonyl (C=O) groups excluding carboxylic acids is 1. The van der Waals surface area contributed by atoms with Crippen LogP contribution in [0.4, 0.5) is 15.8 Å². The average molecular weight is 414 g/mol. The summed E-state index contributed by atoms with van der Waals surface area (Å²) in [5.41, 5.74) is 2.02. The zero-order valence-corrected chi connectivity index (χ0v) is 17.4. The minimum Gasteiger partial charge on any atom is -0.369 e. The van der Waals surface area contributed by atoms with Crippen LogP contribution in [0.3, 0.4) is 0 Å². The van der Waals surface area contributed by atoms with E-state index in [1.54, 1.807) is 0 Å². The Bertz CT molecular complexity index is 927. The number of halogens is 1. The fraction of sp³-hybridized carbons (Fsp3) is 0.409. The maximum absolute atomic E-state index is 13.9. The van der Waals surface area contributed by atoms with Crippen molar-refractivity contribution < 1.29 is 14.1 Å². The summed E-state index contributed by atoms with van der Waals surface area (Å²) < 4.78 is 13.9. The smallest absolute Gasteiger partial charge is 0.276 e. The van der Waals surface area contributed by atoms with Gasteiger partial charge in [-0.05, 0) is 50.6 Å². The summed E-state index contributed by atoms with van der Waals surface area (Å²) in [5, 5.41) is 13.7. The molecular formula is C22H27FN4O3. The van der Waals surface area contributed by atoms with Crippen molar-refractivity contribution in [3.63, 3.8) is 0 Å². The summed E-state index contributed by atoms with van der Waals surface area (Å²) in [6, 6.07) is 10.7. The molecule has 1 heterocycles. The largest absolute Gasteiger partial charge is 0.369 e. The van der Waals surface area contributed by atoms with Gasteiger partial charge >= 0.3 is 0 Å². The highest BCUT2D eigenvalue weighted by Gasteiger charge is 2.20. The number of hydrogen-bond acceptors (Lipinski definition) is 5. The van der Waals surface area contributed by atoms with E-state index >= 15 is 0 Å². The van der Waals surface area contributed by atoms with Gasteiger partial charge in [-0.2, -0.15) is 0 Å². The number of aryl methyl sites for hydroxylation is 1. The standard InChI is InChI=1S/C22H27FN4O3/c1-16-5-3-6-19(13-16)26-11-9-25(10-12-26)8-4-7-24-22(28)18-14-20(23)17(2)21(15-18)27(29)30/h3,5-6,13-15H,4,7-12H2,1-2H3,(H,24,28). The summed E-state index contributed by atoms with van der Waals surface area (Å²) >= 11 is 0. The molecule has 2 aromatic carbocycles. The summed E-state index contributed by atoms with van der Waals surface area (Å²) in [7, 11) is 0. The van der Waals surface area contributed by atoms with E-state index in [1.165, 1.54) is 18.2 Å². The molecule has 1 N–H and O–H groups in total. The van der Waals surface area contributed by atoms with E-state index in [9.17, 15) is 19.3 Å². The molecular weight excluding hydrogens is 387 g/mol. The topological polar surface area (TPSA) is 78.7 Å². The van der Waals surface area contributed by atoms with Crippen LogP contribution in [0, 0.1) is 29.8 Å². The summed E-state index contributed by atoms with van der Waals surface area (Å²) in [4.78, 5) is 27.3. The zero-order chi connectivity index (χ0) is 21.7. The Morgan fingerprint density at radius 1 is 1.17 bits per heavy atom. The van der Waals surface area contributed by atoms with Gasteiger partial charge in [0.15, 0.2) is 0 Å². The molecule has 7 nitrogen and oxygen atoms in total. The van der Waals surface area contributed by atoms with Crippen molar-refractivity contribution in [2.45, 2.75) is 20.3 Å². The summed E-state index contributed by atoms with van der Waals surface area (Å²) in [6.45, 7) is 8.54. The number of anilines is 1. The van der Waals surface area contributed by atoms with Gasteiger partial charge in [-0.3, -0.25) is 19.8 Å². The van der Waals surface area contributed by atoms with Gasteiger partial charge in [0.1, 0.15) is 5.82 Å². The van der Waals surface area contributed by atoms with Gasteiger partial charge in [0.25, 0.3) is 11.6 Å². The molecule has 160 valence electrons. The van der Waals surface area contributed by atoms with Gasteiger partial charge in [0.2, 0.25) is 0 Å². The lowest BCUT2D eigenvalue weighted by Crippen LogP contribution is -2.47. The molecule has 0 bridgehead atoms. The number of amides is 1. The van der Waals surface area contributed by atoms with Crippen molar-refractivity contribution in [2.75, 3.05) is 44.2 Å². The van der Waals surface area contributed by atoms with Crippen molar-refractivity contribution in [1.29, 1.82) is 0 Å². The Balaban J connectivity index is 1.43. The highest BCUT2D eigenvalue weighted by molar-refractivity contribution is 5.95.